The van der Waals surface area contributed by atoms with E-state index >= 15 is 0 Å². The molecule has 0 heterocycles. The van der Waals surface area contributed by atoms with Gasteiger partial charge in [-0.05, 0) is 37.5 Å². The van der Waals surface area contributed by atoms with E-state index in [1.807, 2.05) is 0 Å². The van der Waals surface area contributed by atoms with Crippen LogP contribution in [0.4, 0.5) is 0 Å². The molecule has 1 heteroatoms. The van der Waals surface area contributed by atoms with Crippen LogP contribution in [-0.2, 0) is 0 Å². The monoisotopic (exact) mass is 224 g/mol. The quantitative estimate of drug-likeness (QED) is 0.706. The van der Waals surface area contributed by atoms with Crippen LogP contribution in [0.5, 0.6) is 0 Å². The molecule has 2 fully saturated rings. The van der Waals surface area contributed by atoms with Crippen LogP contribution in [0, 0.1) is 11.8 Å². The largest absolute Gasteiger partial charge is 0.393 e. The third-order valence-corrected chi connectivity index (χ3v) is 4.79. The summed E-state index contributed by atoms with van der Waals surface area (Å²) in [6, 6.07) is 0. The topological polar surface area (TPSA) is 20.2 Å². The van der Waals surface area contributed by atoms with E-state index in [-0.39, 0.29) is 6.10 Å². The van der Waals surface area contributed by atoms with E-state index in [9.17, 15) is 5.11 Å². The molecule has 94 valence electrons. The molecule has 0 aliphatic heterocycles. The molecule has 1 N–H and O–H groups in total. The maximum absolute atomic E-state index is 10.3. The van der Waals surface area contributed by atoms with Crippen molar-refractivity contribution in [2.45, 2.75) is 83.2 Å². The maximum Gasteiger partial charge on any atom is 0.0568 e. The summed E-state index contributed by atoms with van der Waals surface area (Å²) in [5.41, 5.74) is 0. The van der Waals surface area contributed by atoms with Crippen molar-refractivity contribution in [3.63, 3.8) is 0 Å². The first kappa shape index (κ1) is 12.4. The van der Waals surface area contributed by atoms with Crippen LogP contribution >= 0.6 is 0 Å². The summed E-state index contributed by atoms with van der Waals surface area (Å²) in [6.45, 7) is 0. The van der Waals surface area contributed by atoms with Crippen molar-refractivity contribution in [2.24, 2.45) is 11.8 Å². The molecular weight excluding hydrogens is 196 g/mol. The van der Waals surface area contributed by atoms with Crippen molar-refractivity contribution in [3.8, 4) is 0 Å². The Hall–Kier alpha value is -0.0400. The molecule has 0 spiro atoms. The molecule has 2 rings (SSSR count). The van der Waals surface area contributed by atoms with Crippen LogP contribution in [0.2, 0.25) is 0 Å². The lowest BCUT2D eigenvalue weighted by Gasteiger charge is -2.22. The molecule has 16 heavy (non-hydrogen) atoms. The molecule has 0 radical (unpaired) electrons. The summed E-state index contributed by atoms with van der Waals surface area (Å²) in [5, 5.41) is 10.3. The highest BCUT2D eigenvalue weighted by molar-refractivity contribution is 4.75. The van der Waals surface area contributed by atoms with Crippen molar-refractivity contribution in [2.75, 3.05) is 0 Å². The molecule has 0 aromatic heterocycles. The smallest absolute Gasteiger partial charge is 0.0568 e. The van der Waals surface area contributed by atoms with Crippen molar-refractivity contribution in [1.82, 2.24) is 0 Å². The van der Waals surface area contributed by atoms with Gasteiger partial charge in [-0.15, -0.1) is 0 Å². The number of hydrogen-bond acceptors (Lipinski definition) is 1. The lowest BCUT2D eigenvalue weighted by Crippen LogP contribution is -2.20. The summed E-state index contributed by atoms with van der Waals surface area (Å²) in [7, 11) is 0. The first-order valence-corrected chi connectivity index (χ1v) is 7.54. The Morgan fingerprint density at radius 3 is 2.00 bits per heavy atom. The van der Waals surface area contributed by atoms with Gasteiger partial charge < -0.3 is 5.11 Å². The van der Waals surface area contributed by atoms with Crippen molar-refractivity contribution in [1.29, 1.82) is 0 Å². The highest BCUT2D eigenvalue weighted by Gasteiger charge is 2.22. The van der Waals surface area contributed by atoms with Gasteiger partial charge in [-0.3, -0.25) is 0 Å². The van der Waals surface area contributed by atoms with E-state index in [1.165, 1.54) is 70.6 Å². The molecule has 0 bridgehead atoms. The molecule has 0 aromatic rings. The van der Waals surface area contributed by atoms with Gasteiger partial charge in [0.25, 0.3) is 0 Å². The van der Waals surface area contributed by atoms with E-state index in [0.717, 1.165) is 12.3 Å². The third-order valence-electron chi connectivity index (χ3n) is 4.79. The molecule has 2 saturated carbocycles. The highest BCUT2D eigenvalue weighted by atomic mass is 16.3. The predicted octanol–water partition coefficient (Wildman–Crippen LogP) is 4.29. The van der Waals surface area contributed by atoms with Crippen molar-refractivity contribution in [3.05, 3.63) is 0 Å². The second-order valence-electron chi connectivity index (χ2n) is 6.05. The van der Waals surface area contributed by atoms with Crippen LogP contribution in [0.25, 0.3) is 0 Å². The van der Waals surface area contributed by atoms with Crippen LogP contribution in [0.3, 0.4) is 0 Å². The van der Waals surface area contributed by atoms with Gasteiger partial charge in [-0.1, -0.05) is 51.4 Å². The Morgan fingerprint density at radius 2 is 1.38 bits per heavy atom. The molecule has 0 amide bonds. The van der Waals surface area contributed by atoms with Crippen molar-refractivity contribution < 1.29 is 5.11 Å². The summed E-state index contributed by atoms with van der Waals surface area (Å²) >= 11 is 0. The summed E-state index contributed by atoms with van der Waals surface area (Å²) in [4.78, 5) is 0. The van der Waals surface area contributed by atoms with E-state index < -0.39 is 0 Å². The van der Waals surface area contributed by atoms with Crippen LogP contribution in [-0.4, -0.2) is 11.2 Å². The average Bonchev–Trinajstić information content (AvgIpc) is 2.66. The van der Waals surface area contributed by atoms with Gasteiger partial charge in [-0.2, -0.15) is 0 Å². The van der Waals surface area contributed by atoms with E-state index in [2.05, 4.69) is 0 Å². The molecule has 0 aromatic carbocycles. The Kier molecular flexibility index (Phi) is 5.15. The van der Waals surface area contributed by atoms with Crippen LogP contribution in [0.15, 0.2) is 0 Å². The second kappa shape index (κ2) is 6.64. The third kappa shape index (κ3) is 3.76. The second-order valence-corrected chi connectivity index (χ2v) is 6.05. The molecule has 1 unspecified atom stereocenters. The van der Waals surface area contributed by atoms with E-state index in [0.29, 0.717) is 5.92 Å². The zero-order valence-corrected chi connectivity index (χ0v) is 10.7. The predicted molar refractivity (Wildman–Crippen MR) is 68.4 cm³/mol. The fourth-order valence-electron chi connectivity index (χ4n) is 3.64. The van der Waals surface area contributed by atoms with Gasteiger partial charge in [-0.25, -0.2) is 0 Å². The fraction of sp³-hybridized carbons (Fsp3) is 1.00. The van der Waals surface area contributed by atoms with Gasteiger partial charge in [0.1, 0.15) is 0 Å². The minimum atomic E-state index is 0.0127. The minimum absolute atomic E-state index is 0.0127. The first-order valence-electron chi connectivity index (χ1n) is 7.54. The normalized spacial score (nSPS) is 26.8. The summed E-state index contributed by atoms with van der Waals surface area (Å²) < 4.78 is 0. The van der Waals surface area contributed by atoms with Gasteiger partial charge in [0.15, 0.2) is 0 Å². The Morgan fingerprint density at radius 1 is 0.812 bits per heavy atom. The number of hydrogen-bond donors (Lipinski definition) is 1. The van der Waals surface area contributed by atoms with E-state index in [4.69, 9.17) is 0 Å². The van der Waals surface area contributed by atoms with Gasteiger partial charge in [0, 0.05) is 0 Å². The fourth-order valence-corrected chi connectivity index (χ4v) is 3.64. The summed E-state index contributed by atoms with van der Waals surface area (Å²) in [5.74, 6) is 1.57. The van der Waals surface area contributed by atoms with Gasteiger partial charge in [0.2, 0.25) is 0 Å². The highest BCUT2D eigenvalue weighted by Crippen LogP contribution is 2.32. The average molecular weight is 224 g/mol. The van der Waals surface area contributed by atoms with E-state index in [1.54, 1.807) is 0 Å². The lowest BCUT2D eigenvalue weighted by atomic mass is 9.88. The first-order chi connectivity index (χ1) is 7.86. The Bertz CT molecular complexity index is 176. The van der Waals surface area contributed by atoms with Crippen LogP contribution < -0.4 is 0 Å². The molecular formula is C15H28O. The van der Waals surface area contributed by atoms with Gasteiger partial charge >= 0.3 is 0 Å². The number of aliphatic hydroxyl groups is 1. The van der Waals surface area contributed by atoms with Crippen LogP contribution in [0.1, 0.15) is 77.0 Å². The standard InChI is InChI=1S/C15H28O/c16-15(12-11-13-7-5-6-8-13)14-9-3-1-2-4-10-14/h13-16H,1-12H2. The zero-order chi connectivity index (χ0) is 11.2. The SMILES string of the molecule is OC(CCC1CCCC1)C1CCCCCC1. The Labute approximate surface area is 101 Å². The molecule has 1 atom stereocenters. The molecule has 2 aliphatic carbocycles. The minimum Gasteiger partial charge on any atom is -0.393 e. The van der Waals surface area contributed by atoms with Crippen molar-refractivity contribution >= 4 is 0 Å². The molecule has 0 saturated heterocycles. The zero-order valence-electron chi connectivity index (χ0n) is 10.7. The Balaban J connectivity index is 1.66. The number of aliphatic hydroxyl groups excluding tert-OH is 1. The van der Waals surface area contributed by atoms with Gasteiger partial charge in [0.05, 0.1) is 6.10 Å². The lowest BCUT2D eigenvalue weighted by molar-refractivity contribution is 0.0835. The summed E-state index contributed by atoms with van der Waals surface area (Å²) in [6.07, 6.45) is 16.2. The number of rotatable bonds is 4. The maximum atomic E-state index is 10.3. The molecule has 2 aliphatic rings. The molecule has 1 nitrogen and oxygen atoms in total.